The van der Waals surface area contributed by atoms with Crippen molar-refractivity contribution in [3.63, 3.8) is 0 Å². The number of hydrogen-bond acceptors (Lipinski definition) is 2. The molecule has 1 aromatic carbocycles. The van der Waals surface area contributed by atoms with Crippen LogP contribution in [0.5, 0.6) is 0 Å². The fourth-order valence-corrected chi connectivity index (χ4v) is 20.5. The molecule has 2 nitrogen and oxygen atoms in total. The molecular weight excluding hydrogens is 606 g/mol. The highest BCUT2D eigenvalue weighted by Gasteiger charge is 2.58. The predicted octanol–water partition coefficient (Wildman–Crippen LogP) is 9.37. The van der Waals surface area contributed by atoms with Crippen LogP contribution in [0.4, 0.5) is 0 Å². The molecule has 0 radical (unpaired) electrons. The van der Waals surface area contributed by atoms with E-state index in [9.17, 15) is 0 Å². The first-order valence-corrected chi connectivity index (χ1v) is 22.8. The maximum absolute atomic E-state index is 3.91. The Labute approximate surface area is 289 Å². The summed E-state index contributed by atoms with van der Waals surface area (Å²) in [4.78, 5) is 0. The molecule has 4 unspecified atom stereocenters. The Balaban J connectivity index is 1.06. The number of rotatable bonds is 8. The van der Waals surface area contributed by atoms with Gasteiger partial charge in [0.15, 0.2) is 0 Å². The zero-order chi connectivity index (χ0) is 31.1. The molecule has 0 spiro atoms. The normalized spacial score (nSPS) is 47.0. The van der Waals surface area contributed by atoms with Gasteiger partial charge in [-0.25, -0.2) is 0 Å². The molecule has 1 aromatic rings. The van der Waals surface area contributed by atoms with E-state index in [0.717, 1.165) is 70.5 Å². The first kappa shape index (κ1) is 31.2. The van der Waals surface area contributed by atoms with Gasteiger partial charge in [-0.15, -0.1) is 9.24 Å². The Morgan fingerprint density at radius 1 is 0.660 bits per heavy atom. The van der Waals surface area contributed by atoms with Crippen molar-refractivity contribution in [2.75, 3.05) is 32.3 Å². The van der Waals surface area contributed by atoms with Gasteiger partial charge in [-0.2, -0.15) is 0 Å². The molecule has 10 fully saturated rings. The Bertz CT molecular complexity index is 1240. The summed E-state index contributed by atoms with van der Waals surface area (Å²) >= 11 is 0. The molecule has 4 atom stereocenters. The topological polar surface area (TPSA) is 24.1 Å². The Hall–Kier alpha value is -0.520. The zero-order valence-electron chi connectivity index (χ0n) is 29.0. The van der Waals surface area contributed by atoms with Crippen LogP contribution in [0.1, 0.15) is 95.5 Å². The molecule has 0 amide bonds. The van der Waals surface area contributed by atoms with Gasteiger partial charge in [-0.3, -0.25) is 0 Å². The third-order valence-corrected chi connectivity index (χ3v) is 21.5. The zero-order valence-corrected chi connectivity index (χ0v) is 31.1. The maximum atomic E-state index is 3.91. The molecule has 0 aromatic heterocycles. The van der Waals surface area contributed by atoms with Crippen molar-refractivity contribution in [2.45, 2.75) is 106 Å². The van der Waals surface area contributed by atoms with Crippen LogP contribution >= 0.6 is 17.2 Å². The molecule has 2 N–H and O–H groups in total. The van der Waals surface area contributed by atoms with Gasteiger partial charge >= 0.3 is 0 Å². The minimum absolute atomic E-state index is 0.0102. The smallest absolute Gasteiger partial charge is 0.00900 e. The second kappa shape index (κ2) is 12.6. The minimum Gasteiger partial charge on any atom is -0.316 e. The van der Waals surface area contributed by atoms with Gasteiger partial charge in [0.25, 0.3) is 0 Å². The maximum Gasteiger partial charge on any atom is 0.00900 e. The molecule has 2 heterocycles. The molecule has 11 aliphatic rings. The largest absolute Gasteiger partial charge is 0.316 e. The van der Waals surface area contributed by atoms with Crippen molar-refractivity contribution < 1.29 is 0 Å². The number of nitrogens with one attached hydrogen (secondary N) is 2. The monoisotopic (exact) mass is 668 g/mol. The third-order valence-electron chi connectivity index (χ3n) is 16.2. The van der Waals surface area contributed by atoms with Crippen molar-refractivity contribution in [1.29, 1.82) is 0 Å². The van der Waals surface area contributed by atoms with Gasteiger partial charge < -0.3 is 10.6 Å². The van der Waals surface area contributed by atoms with Gasteiger partial charge in [0.1, 0.15) is 0 Å². The number of hydrogen-bond donors (Lipinski definition) is 2. The molecule has 8 bridgehead atoms. The quantitative estimate of drug-likeness (QED) is 0.270. The van der Waals surface area contributed by atoms with Gasteiger partial charge in [0, 0.05) is 11.1 Å². The van der Waals surface area contributed by atoms with Crippen molar-refractivity contribution in [3.8, 4) is 0 Å². The van der Waals surface area contributed by atoms with E-state index < -0.39 is 0 Å². The van der Waals surface area contributed by atoms with Crippen LogP contribution < -0.4 is 10.6 Å². The second-order valence-corrected chi connectivity index (χ2v) is 22.3. The molecule has 12 rings (SSSR count). The molecule has 2 aliphatic heterocycles. The first-order valence-electron chi connectivity index (χ1n) is 20.5. The van der Waals surface area contributed by atoms with Crippen LogP contribution in [0, 0.1) is 65.1 Å². The average Bonchev–Trinajstić information content (AvgIpc) is 3.52. The summed E-state index contributed by atoms with van der Waals surface area (Å²) in [6, 6.07) is 11.6. The first-order chi connectivity index (χ1) is 23.1. The van der Waals surface area contributed by atoms with Crippen molar-refractivity contribution in [1.82, 2.24) is 10.6 Å². The lowest BCUT2D eigenvalue weighted by Crippen LogP contribution is -2.55. The highest BCUT2D eigenvalue weighted by atomic mass is 31.1. The highest BCUT2D eigenvalue weighted by molar-refractivity contribution is 7.59. The molecule has 8 saturated carbocycles. The van der Waals surface area contributed by atoms with Crippen molar-refractivity contribution >= 4 is 22.7 Å². The summed E-state index contributed by atoms with van der Waals surface area (Å²) in [5.41, 5.74) is 7.05. The molecular formula is C43H62N2P2. The van der Waals surface area contributed by atoms with Crippen molar-refractivity contribution in [3.05, 3.63) is 53.6 Å². The minimum atomic E-state index is -0.0102. The van der Waals surface area contributed by atoms with Crippen LogP contribution in [0.15, 0.2) is 48.1 Å². The summed E-state index contributed by atoms with van der Waals surface area (Å²) < 4.78 is 0. The van der Waals surface area contributed by atoms with Crippen molar-refractivity contribution in [2.24, 2.45) is 65.1 Å². The van der Waals surface area contributed by atoms with E-state index in [0.29, 0.717) is 5.92 Å². The lowest BCUT2D eigenvalue weighted by molar-refractivity contribution is 0.0130. The molecule has 254 valence electrons. The number of benzene rings is 1. The summed E-state index contributed by atoms with van der Waals surface area (Å²) in [7, 11) is 3.69. The molecule has 47 heavy (non-hydrogen) atoms. The van der Waals surface area contributed by atoms with Gasteiger partial charge in [0.2, 0.25) is 0 Å². The lowest BCUT2D eigenvalue weighted by Gasteiger charge is -2.62. The lowest BCUT2D eigenvalue weighted by atomic mass is 9.55. The van der Waals surface area contributed by atoms with E-state index in [2.05, 4.69) is 62.4 Å². The summed E-state index contributed by atoms with van der Waals surface area (Å²) in [6.45, 7) is 4.84. The third kappa shape index (κ3) is 5.46. The molecule has 2 saturated heterocycles. The Morgan fingerprint density at radius 2 is 1.15 bits per heavy atom. The fraction of sp³-hybridized carbons (Fsp3) is 0.767. The van der Waals surface area contributed by atoms with Crippen LogP contribution in [-0.4, -0.2) is 48.8 Å². The second-order valence-electron chi connectivity index (χ2n) is 18.8. The van der Waals surface area contributed by atoms with Gasteiger partial charge in [0.05, 0.1) is 0 Å². The summed E-state index contributed by atoms with van der Waals surface area (Å²) in [5.74, 6) is 10.7. The van der Waals surface area contributed by atoms with E-state index >= 15 is 0 Å². The van der Waals surface area contributed by atoms with Crippen LogP contribution in [0.3, 0.4) is 0 Å². The van der Waals surface area contributed by atoms with Crippen LogP contribution in [0.2, 0.25) is 0 Å². The van der Waals surface area contributed by atoms with E-state index in [1.165, 1.54) is 63.6 Å². The summed E-state index contributed by atoms with van der Waals surface area (Å²) in [5, 5.41) is 8.04. The van der Waals surface area contributed by atoms with Crippen LogP contribution in [0.25, 0.3) is 5.57 Å². The summed E-state index contributed by atoms with van der Waals surface area (Å²) in [6.07, 6.45) is 28.6. The standard InChI is InChI=1S/C43H62N2P2/c46-43(38-8-4-10-44-24-38,39-9-5-11-45-25-39)40-23-32(31-6-2-1-3-7-31)22-37(40)26-47(41-33-14-27-12-28(16-33)17-34(41)15-27)42-35-18-29-13-30(20-35)21-36(42)19-29/h1-3,6-7,22-23,27-30,33-36,38-42,44-45H,4-5,8-21,24-26,46H2. The average molecular weight is 669 g/mol. The van der Waals surface area contributed by atoms with E-state index in [1.807, 2.05) is 5.57 Å². The Kier molecular flexibility index (Phi) is 8.38. The van der Waals surface area contributed by atoms with Gasteiger partial charge in [-0.1, -0.05) is 56.0 Å². The van der Waals surface area contributed by atoms with Crippen LogP contribution in [-0.2, 0) is 0 Å². The van der Waals surface area contributed by atoms with E-state index in [-0.39, 0.29) is 13.1 Å². The Morgan fingerprint density at radius 3 is 1.60 bits per heavy atom. The van der Waals surface area contributed by atoms with Gasteiger partial charge in [-0.05, 0) is 204 Å². The molecule has 9 aliphatic carbocycles. The van der Waals surface area contributed by atoms with E-state index in [4.69, 9.17) is 0 Å². The SMILES string of the molecule is PC(C1CCCNC1)(C1CCCNC1)C1C=C(c2ccccc2)C=C1CP(C1C2CC3CC(C2)CC1C3)C1C2CC3CC(C2)CC1C3. The molecule has 4 heteroatoms. The highest BCUT2D eigenvalue weighted by Crippen LogP contribution is 2.72. The number of piperidine rings is 2. The fourth-order valence-electron chi connectivity index (χ4n) is 14.9. The predicted molar refractivity (Wildman–Crippen MR) is 203 cm³/mol. The van der Waals surface area contributed by atoms with E-state index in [1.54, 1.807) is 69.8 Å². The number of allylic oxidation sites excluding steroid dienone is 4.